The monoisotopic (exact) mass is 426 g/mol. The first kappa shape index (κ1) is 22.2. The van der Waals surface area contributed by atoms with E-state index in [-0.39, 0.29) is 12.2 Å². The van der Waals surface area contributed by atoms with Gasteiger partial charge in [-0.25, -0.2) is 13.1 Å². The first-order chi connectivity index (χ1) is 13.7. The Hall–Kier alpha value is -3.05. The Bertz CT molecular complexity index is 983. The number of methoxy groups -OCH3 is 3. The molecule has 1 atom stereocenters. The van der Waals surface area contributed by atoms with Crippen LogP contribution in [0, 0.1) is 0 Å². The molecule has 11 heteroatoms. The quantitative estimate of drug-likeness (QED) is 0.572. The van der Waals surface area contributed by atoms with E-state index in [0.29, 0.717) is 17.1 Å². The molecule has 10 nitrogen and oxygen atoms in total. The van der Waals surface area contributed by atoms with E-state index in [1.54, 1.807) is 18.2 Å². The fraction of sp³-hybridized carbons (Fsp3) is 0.333. The minimum absolute atomic E-state index is 0.167. The second-order valence-corrected chi connectivity index (χ2v) is 7.56. The van der Waals surface area contributed by atoms with Gasteiger partial charge in [0, 0.05) is 0 Å². The molecule has 1 amide bonds. The number of carbonyl (C=O) groups is 2. The fourth-order valence-electron chi connectivity index (χ4n) is 2.49. The van der Waals surface area contributed by atoms with E-state index in [1.165, 1.54) is 34.4 Å². The van der Waals surface area contributed by atoms with Crippen molar-refractivity contribution in [2.75, 3.05) is 28.4 Å². The van der Waals surface area contributed by atoms with Crippen LogP contribution in [0.4, 0.5) is 0 Å². The summed E-state index contributed by atoms with van der Waals surface area (Å²) in [6.45, 7) is 0. The minimum atomic E-state index is -3.83. The van der Waals surface area contributed by atoms with Crippen LogP contribution in [0.25, 0.3) is 0 Å². The predicted molar refractivity (Wildman–Crippen MR) is 101 cm³/mol. The van der Waals surface area contributed by atoms with Crippen molar-refractivity contribution in [3.05, 3.63) is 41.7 Å². The van der Waals surface area contributed by atoms with Crippen molar-refractivity contribution in [3.8, 4) is 11.5 Å². The molecular formula is C18H22N2O8S. The van der Waals surface area contributed by atoms with Gasteiger partial charge in [-0.05, 0) is 36.9 Å². The van der Waals surface area contributed by atoms with Gasteiger partial charge in [-0.15, -0.1) is 0 Å². The zero-order valence-corrected chi connectivity index (χ0v) is 17.2. The predicted octanol–water partition coefficient (Wildman–Crippen LogP) is 1.24. The molecule has 158 valence electrons. The van der Waals surface area contributed by atoms with Crippen molar-refractivity contribution < 1.29 is 36.6 Å². The molecule has 2 rings (SSSR count). The van der Waals surface area contributed by atoms with Crippen LogP contribution in [0.3, 0.4) is 0 Å². The van der Waals surface area contributed by atoms with Crippen molar-refractivity contribution in [3.63, 3.8) is 0 Å². The van der Waals surface area contributed by atoms with E-state index in [9.17, 15) is 18.0 Å². The lowest BCUT2D eigenvalue weighted by atomic mass is 10.0. The number of amides is 1. The van der Waals surface area contributed by atoms with Gasteiger partial charge in [-0.3, -0.25) is 9.59 Å². The highest BCUT2D eigenvalue weighted by molar-refractivity contribution is 7.89. The molecule has 0 saturated heterocycles. The molecule has 0 aliphatic rings. The van der Waals surface area contributed by atoms with Crippen LogP contribution < -0.4 is 19.5 Å². The minimum Gasteiger partial charge on any atom is -0.493 e. The number of sulfonamides is 1. The highest BCUT2D eigenvalue weighted by Gasteiger charge is 2.24. The molecule has 0 saturated carbocycles. The molecule has 0 bridgehead atoms. The molecule has 1 aromatic heterocycles. The Morgan fingerprint density at radius 2 is 1.76 bits per heavy atom. The lowest BCUT2D eigenvalue weighted by Crippen LogP contribution is -2.30. The molecule has 1 heterocycles. The maximum Gasteiger partial charge on any atom is 0.307 e. The van der Waals surface area contributed by atoms with Crippen LogP contribution in [0.15, 0.2) is 39.8 Å². The van der Waals surface area contributed by atoms with Gasteiger partial charge >= 0.3 is 5.97 Å². The highest BCUT2D eigenvalue weighted by Crippen LogP contribution is 2.31. The maximum atomic E-state index is 12.6. The molecule has 1 unspecified atom stereocenters. The van der Waals surface area contributed by atoms with Crippen LogP contribution in [0.5, 0.6) is 11.5 Å². The zero-order valence-electron chi connectivity index (χ0n) is 16.3. The summed E-state index contributed by atoms with van der Waals surface area (Å²) in [6, 6.07) is 6.51. The highest BCUT2D eigenvalue weighted by atomic mass is 32.2. The molecule has 0 radical (unpaired) electrons. The number of nitrogens with one attached hydrogen (secondary N) is 2. The van der Waals surface area contributed by atoms with E-state index in [0.717, 1.165) is 6.07 Å². The summed E-state index contributed by atoms with van der Waals surface area (Å²) in [7, 11) is 1.57. The number of hydrogen-bond donors (Lipinski definition) is 2. The number of carbonyl (C=O) groups excluding carboxylic acids is 2. The number of benzene rings is 1. The summed E-state index contributed by atoms with van der Waals surface area (Å²) in [5.41, 5.74) is 0.552. The van der Waals surface area contributed by atoms with Gasteiger partial charge in [-0.2, -0.15) is 0 Å². The molecule has 1 aromatic carbocycles. The third kappa shape index (κ3) is 5.27. The second kappa shape index (κ2) is 9.43. The van der Waals surface area contributed by atoms with Gasteiger partial charge in [0.2, 0.25) is 5.09 Å². The van der Waals surface area contributed by atoms with Crippen molar-refractivity contribution in [1.29, 1.82) is 0 Å². The third-order valence-electron chi connectivity index (χ3n) is 4.05. The summed E-state index contributed by atoms with van der Waals surface area (Å²) in [6.07, 6.45) is -0.167. The Labute approximate surface area is 168 Å². The van der Waals surface area contributed by atoms with Gasteiger partial charge in [0.05, 0.1) is 33.8 Å². The number of ether oxygens (including phenoxy) is 3. The van der Waals surface area contributed by atoms with Gasteiger partial charge in [0.1, 0.15) is 0 Å². The third-order valence-corrected chi connectivity index (χ3v) is 5.34. The smallest absolute Gasteiger partial charge is 0.307 e. The first-order valence-corrected chi connectivity index (χ1v) is 9.87. The molecule has 2 aromatic rings. The van der Waals surface area contributed by atoms with Crippen molar-refractivity contribution in [2.24, 2.45) is 0 Å². The van der Waals surface area contributed by atoms with E-state index < -0.39 is 33.0 Å². The Kier molecular flexibility index (Phi) is 7.23. The molecule has 0 spiro atoms. The topological polar surface area (TPSA) is 133 Å². The lowest BCUT2D eigenvalue weighted by molar-refractivity contribution is -0.141. The molecule has 29 heavy (non-hydrogen) atoms. The summed E-state index contributed by atoms with van der Waals surface area (Å²) in [5.74, 6) is -0.592. The Morgan fingerprint density at radius 3 is 2.34 bits per heavy atom. The molecule has 2 N–H and O–H groups in total. The summed E-state index contributed by atoms with van der Waals surface area (Å²) < 4.78 is 45.9. The standard InChI is InChI=1S/C18H22N2O8S/c1-19-29(23,24)17-8-7-14(28-17)18(22)20-12(10-16(21)27-4)11-5-6-13(25-2)15(9-11)26-3/h5-9,12,19H,10H2,1-4H3,(H,20,22). The second-order valence-electron chi connectivity index (χ2n) is 5.75. The maximum absolute atomic E-state index is 12.6. The molecule has 0 aliphatic heterocycles. The van der Waals surface area contributed by atoms with E-state index in [4.69, 9.17) is 18.6 Å². The fourth-order valence-corrected chi connectivity index (χ4v) is 3.14. The van der Waals surface area contributed by atoms with Crippen molar-refractivity contribution >= 4 is 21.9 Å². The van der Waals surface area contributed by atoms with Gasteiger partial charge < -0.3 is 23.9 Å². The van der Waals surface area contributed by atoms with Crippen LogP contribution >= 0.6 is 0 Å². The largest absolute Gasteiger partial charge is 0.493 e. The van der Waals surface area contributed by atoms with Crippen molar-refractivity contribution in [2.45, 2.75) is 17.6 Å². The summed E-state index contributed by atoms with van der Waals surface area (Å²) in [4.78, 5) is 24.4. The SMILES string of the molecule is CNS(=O)(=O)c1ccc(C(=O)NC(CC(=O)OC)c2ccc(OC)c(OC)c2)o1. The molecular weight excluding hydrogens is 404 g/mol. The van der Waals surface area contributed by atoms with Crippen LogP contribution in [0.1, 0.15) is 28.6 Å². The van der Waals surface area contributed by atoms with Gasteiger partial charge in [0.15, 0.2) is 17.3 Å². The van der Waals surface area contributed by atoms with Crippen LogP contribution in [-0.2, 0) is 19.6 Å². The van der Waals surface area contributed by atoms with E-state index in [1.807, 2.05) is 0 Å². The average Bonchev–Trinajstić information content (AvgIpc) is 3.23. The van der Waals surface area contributed by atoms with Crippen LogP contribution in [0.2, 0.25) is 0 Å². The molecule has 0 aliphatic carbocycles. The summed E-state index contributed by atoms with van der Waals surface area (Å²) in [5, 5.41) is 2.24. The Morgan fingerprint density at radius 1 is 1.07 bits per heavy atom. The van der Waals surface area contributed by atoms with E-state index in [2.05, 4.69) is 10.0 Å². The van der Waals surface area contributed by atoms with Crippen molar-refractivity contribution in [1.82, 2.24) is 10.0 Å². The number of esters is 1. The van der Waals surface area contributed by atoms with Gasteiger partial charge in [0.25, 0.3) is 15.9 Å². The van der Waals surface area contributed by atoms with E-state index >= 15 is 0 Å². The first-order valence-electron chi connectivity index (χ1n) is 8.38. The lowest BCUT2D eigenvalue weighted by Gasteiger charge is -2.19. The summed E-state index contributed by atoms with van der Waals surface area (Å²) >= 11 is 0. The average molecular weight is 426 g/mol. The number of hydrogen-bond acceptors (Lipinski definition) is 8. The van der Waals surface area contributed by atoms with Crippen LogP contribution in [-0.4, -0.2) is 48.7 Å². The number of rotatable bonds is 9. The molecule has 0 fully saturated rings. The normalized spacial score (nSPS) is 12.1. The zero-order chi connectivity index (χ0) is 21.6. The van der Waals surface area contributed by atoms with Gasteiger partial charge in [-0.1, -0.05) is 6.07 Å². The Balaban J connectivity index is 2.32. The number of furan rings is 1.